The summed E-state index contributed by atoms with van der Waals surface area (Å²) in [6.07, 6.45) is 0. The summed E-state index contributed by atoms with van der Waals surface area (Å²) in [6, 6.07) is 11.1. The summed E-state index contributed by atoms with van der Waals surface area (Å²) in [6.45, 7) is 0. The molecular formula is C13H9Cl3O. The van der Waals surface area contributed by atoms with E-state index in [2.05, 4.69) is 0 Å². The van der Waals surface area contributed by atoms with Gasteiger partial charge in [0.15, 0.2) is 5.75 Å². The molecule has 0 aliphatic heterocycles. The molecule has 0 saturated heterocycles. The van der Waals surface area contributed by atoms with Crippen molar-refractivity contribution < 1.29 is 4.74 Å². The van der Waals surface area contributed by atoms with Crippen molar-refractivity contribution in [1.29, 1.82) is 0 Å². The Hall–Kier alpha value is -0.890. The molecule has 0 aliphatic carbocycles. The van der Waals surface area contributed by atoms with E-state index in [1.54, 1.807) is 12.1 Å². The quantitative estimate of drug-likeness (QED) is 0.726. The van der Waals surface area contributed by atoms with Crippen LogP contribution >= 0.6 is 34.8 Å². The highest BCUT2D eigenvalue weighted by molar-refractivity contribution is 6.37. The Bertz CT molecular complexity index is 529. The zero-order valence-electron chi connectivity index (χ0n) is 9.01. The van der Waals surface area contributed by atoms with E-state index in [4.69, 9.17) is 39.5 Å². The van der Waals surface area contributed by atoms with Gasteiger partial charge in [-0.15, -0.1) is 0 Å². The Kier molecular flexibility index (Phi) is 3.82. The molecule has 0 amide bonds. The van der Waals surface area contributed by atoms with Gasteiger partial charge in [0, 0.05) is 5.02 Å². The Morgan fingerprint density at radius 2 is 1.53 bits per heavy atom. The fraction of sp³-hybridized carbons (Fsp3) is 0.0769. The lowest BCUT2D eigenvalue weighted by Crippen LogP contribution is -1.87. The molecule has 0 N–H and O–H groups in total. The van der Waals surface area contributed by atoms with E-state index in [9.17, 15) is 0 Å². The van der Waals surface area contributed by atoms with Gasteiger partial charge in [-0.3, -0.25) is 0 Å². The number of hydrogen-bond acceptors (Lipinski definition) is 1. The van der Waals surface area contributed by atoms with Crippen LogP contribution in [0.2, 0.25) is 15.1 Å². The van der Waals surface area contributed by atoms with Gasteiger partial charge in [-0.1, -0.05) is 46.9 Å². The second-order valence-corrected chi connectivity index (χ2v) is 4.73. The number of benzene rings is 2. The second-order valence-electron chi connectivity index (χ2n) is 3.48. The second kappa shape index (κ2) is 5.18. The van der Waals surface area contributed by atoms with Gasteiger partial charge in [0.2, 0.25) is 0 Å². The first-order valence-corrected chi connectivity index (χ1v) is 6.04. The van der Waals surface area contributed by atoms with E-state index < -0.39 is 0 Å². The summed E-state index contributed by atoms with van der Waals surface area (Å²) in [7, 11) is 1.53. The number of hydrogen-bond donors (Lipinski definition) is 0. The maximum absolute atomic E-state index is 6.08. The van der Waals surface area contributed by atoms with Crippen LogP contribution in [-0.2, 0) is 0 Å². The van der Waals surface area contributed by atoms with Gasteiger partial charge in [0.1, 0.15) is 0 Å². The minimum Gasteiger partial charge on any atom is -0.494 e. The third kappa shape index (κ3) is 2.68. The summed E-state index contributed by atoms with van der Waals surface area (Å²) in [5, 5.41) is 1.63. The minimum atomic E-state index is 0.481. The fourth-order valence-electron chi connectivity index (χ4n) is 1.59. The maximum atomic E-state index is 6.08. The smallest absolute Gasteiger partial charge is 0.156 e. The third-order valence-corrected chi connectivity index (χ3v) is 3.16. The van der Waals surface area contributed by atoms with Gasteiger partial charge in [-0.25, -0.2) is 0 Å². The third-order valence-electron chi connectivity index (χ3n) is 2.36. The molecule has 2 rings (SSSR count). The molecule has 4 heteroatoms. The van der Waals surface area contributed by atoms with E-state index in [1.165, 1.54) is 7.11 Å². The van der Waals surface area contributed by atoms with Crippen LogP contribution in [0.1, 0.15) is 0 Å². The molecule has 1 nitrogen and oxygen atoms in total. The SMILES string of the molecule is COc1c(Cl)cc(-c2cccc(Cl)c2)cc1Cl. The summed E-state index contributed by atoms with van der Waals surface area (Å²) < 4.78 is 5.10. The standard InChI is InChI=1S/C13H9Cl3O/c1-17-13-11(15)6-9(7-12(13)16)8-3-2-4-10(14)5-8/h2-7H,1H3. The van der Waals surface area contributed by atoms with Crippen LogP contribution in [0, 0.1) is 0 Å². The molecule has 0 heterocycles. The van der Waals surface area contributed by atoms with Crippen molar-refractivity contribution in [3.63, 3.8) is 0 Å². The fourth-order valence-corrected chi connectivity index (χ4v) is 2.42. The van der Waals surface area contributed by atoms with Crippen LogP contribution in [0.5, 0.6) is 5.75 Å². The van der Waals surface area contributed by atoms with Gasteiger partial charge in [0.05, 0.1) is 17.2 Å². The minimum absolute atomic E-state index is 0.481. The van der Waals surface area contributed by atoms with Gasteiger partial charge < -0.3 is 4.74 Å². The molecule has 0 aromatic heterocycles. The monoisotopic (exact) mass is 286 g/mol. The van der Waals surface area contributed by atoms with Crippen molar-refractivity contribution in [3.8, 4) is 16.9 Å². The Morgan fingerprint density at radius 1 is 0.882 bits per heavy atom. The maximum Gasteiger partial charge on any atom is 0.156 e. The normalized spacial score (nSPS) is 10.4. The Balaban J connectivity index is 2.54. The van der Waals surface area contributed by atoms with Gasteiger partial charge in [0.25, 0.3) is 0 Å². The molecule has 0 aliphatic rings. The lowest BCUT2D eigenvalue weighted by molar-refractivity contribution is 0.415. The van der Waals surface area contributed by atoms with Gasteiger partial charge in [-0.2, -0.15) is 0 Å². The highest BCUT2D eigenvalue weighted by Gasteiger charge is 2.09. The van der Waals surface area contributed by atoms with E-state index >= 15 is 0 Å². The lowest BCUT2D eigenvalue weighted by Gasteiger charge is -2.09. The molecule has 0 atom stereocenters. The molecule has 0 bridgehead atoms. The van der Waals surface area contributed by atoms with Gasteiger partial charge >= 0.3 is 0 Å². The van der Waals surface area contributed by atoms with Crippen molar-refractivity contribution >= 4 is 34.8 Å². The first-order valence-electron chi connectivity index (χ1n) is 4.91. The molecule has 17 heavy (non-hydrogen) atoms. The molecular weight excluding hydrogens is 279 g/mol. The van der Waals surface area contributed by atoms with Crippen molar-refractivity contribution in [2.24, 2.45) is 0 Å². The number of rotatable bonds is 2. The average molecular weight is 288 g/mol. The van der Waals surface area contributed by atoms with Crippen LogP contribution in [0.3, 0.4) is 0 Å². The Morgan fingerprint density at radius 3 is 2.06 bits per heavy atom. The van der Waals surface area contributed by atoms with Crippen LogP contribution in [0.15, 0.2) is 36.4 Å². The number of ether oxygens (including phenoxy) is 1. The number of halogens is 3. The summed E-state index contributed by atoms with van der Waals surface area (Å²) in [5.74, 6) is 0.485. The summed E-state index contributed by atoms with van der Waals surface area (Å²) in [4.78, 5) is 0. The molecule has 0 saturated carbocycles. The largest absolute Gasteiger partial charge is 0.494 e. The Labute approximate surface area is 115 Å². The predicted molar refractivity (Wildman–Crippen MR) is 73.5 cm³/mol. The van der Waals surface area contributed by atoms with E-state index in [0.717, 1.165) is 11.1 Å². The molecule has 88 valence electrons. The van der Waals surface area contributed by atoms with Crippen LogP contribution in [0.25, 0.3) is 11.1 Å². The van der Waals surface area contributed by atoms with E-state index in [0.29, 0.717) is 20.8 Å². The predicted octanol–water partition coefficient (Wildman–Crippen LogP) is 5.32. The van der Waals surface area contributed by atoms with Crippen LogP contribution in [0.4, 0.5) is 0 Å². The summed E-state index contributed by atoms with van der Waals surface area (Å²) in [5.41, 5.74) is 1.87. The lowest BCUT2D eigenvalue weighted by atomic mass is 10.1. The average Bonchev–Trinajstić information content (AvgIpc) is 2.28. The van der Waals surface area contributed by atoms with Crippen molar-refractivity contribution in [3.05, 3.63) is 51.5 Å². The number of methoxy groups -OCH3 is 1. The van der Waals surface area contributed by atoms with Gasteiger partial charge in [-0.05, 0) is 35.4 Å². The zero-order valence-corrected chi connectivity index (χ0v) is 11.3. The van der Waals surface area contributed by atoms with E-state index in [-0.39, 0.29) is 0 Å². The zero-order chi connectivity index (χ0) is 12.4. The highest BCUT2D eigenvalue weighted by atomic mass is 35.5. The summed E-state index contributed by atoms with van der Waals surface area (Å²) >= 11 is 18.1. The van der Waals surface area contributed by atoms with Crippen molar-refractivity contribution in [2.45, 2.75) is 0 Å². The molecule has 2 aromatic rings. The molecule has 0 fully saturated rings. The first kappa shape index (κ1) is 12.6. The highest BCUT2D eigenvalue weighted by Crippen LogP contribution is 2.37. The molecule has 0 unspecified atom stereocenters. The van der Waals surface area contributed by atoms with Crippen molar-refractivity contribution in [1.82, 2.24) is 0 Å². The van der Waals surface area contributed by atoms with Crippen LogP contribution in [-0.4, -0.2) is 7.11 Å². The van der Waals surface area contributed by atoms with Crippen molar-refractivity contribution in [2.75, 3.05) is 7.11 Å². The van der Waals surface area contributed by atoms with Crippen LogP contribution < -0.4 is 4.74 Å². The first-order chi connectivity index (χ1) is 8.11. The topological polar surface area (TPSA) is 9.23 Å². The molecule has 0 spiro atoms. The molecule has 0 radical (unpaired) electrons. The molecule has 2 aromatic carbocycles. The van der Waals surface area contributed by atoms with E-state index in [1.807, 2.05) is 24.3 Å².